The molecule has 10 heteroatoms. The second-order valence-corrected chi connectivity index (χ2v) is 7.80. The van der Waals surface area contributed by atoms with Gasteiger partial charge >= 0.3 is 0 Å². The predicted octanol–water partition coefficient (Wildman–Crippen LogP) is 3.22. The van der Waals surface area contributed by atoms with Crippen molar-refractivity contribution < 1.29 is 13.3 Å². The summed E-state index contributed by atoms with van der Waals surface area (Å²) in [5.74, 6) is 0. The van der Waals surface area contributed by atoms with Crippen LogP contribution >= 0.6 is 11.3 Å². The molecule has 0 amide bonds. The summed E-state index contributed by atoms with van der Waals surface area (Å²) in [6.45, 7) is 1.96. The van der Waals surface area contributed by atoms with Crippen LogP contribution in [0.1, 0.15) is 5.56 Å². The number of benzene rings is 2. The van der Waals surface area contributed by atoms with Gasteiger partial charge < -0.3 is 0 Å². The molecule has 0 aliphatic rings. The van der Waals surface area contributed by atoms with Crippen molar-refractivity contribution in [3.05, 3.63) is 64.2 Å². The molecule has 0 saturated carbocycles. The minimum atomic E-state index is -3.99. The molecule has 0 radical (unpaired) electrons. The first-order chi connectivity index (χ1) is 11.8. The zero-order valence-corrected chi connectivity index (χ0v) is 14.5. The van der Waals surface area contributed by atoms with Gasteiger partial charge in [-0.3, -0.25) is 14.8 Å². The van der Waals surface area contributed by atoms with Gasteiger partial charge in [0.1, 0.15) is 5.01 Å². The first-order valence-corrected chi connectivity index (χ1v) is 9.33. The van der Waals surface area contributed by atoms with Crippen LogP contribution in [0.2, 0.25) is 0 Å². The largest absolute Gasteiger partial charge is 0.270 e. The Morgan fingerprint density at radius 2 is 1.84 bits per heavy atom. The molecule has 0 aliphatic carbocycles. The van der Waals surface area contributed by atoms with E-state index < -0.39 is 14.9 Å². The minimum Gasteiger partial charge on any atom is -0.258 e. The van der Waals surface area contributed by atoms with Crippen molar-refractivity contribution in [3.63, 3.8) is 0 Å². The fourth-order valence-corrected chi connectivity index (χ4v) is 4.03. The molecule has 8 nitrogen and oxygen atoms in total. The highest BCUT2D eigenvalue weighted by atomic mass is 32.2. The molecular formula is C15H12N4O4S2. The third kappa shape index (κ3) is 3.80. The summed E-state index contributed by atoms with van der Waals surface area (Å²) in [6.07, 6.45) is 0. The van der Waals surface area contributed by atoms with Gasteiger partial charge in [0.25, 0.3) is 15.7 Å². The lowest BCUT2D eigenvalue weighted by Gasteiger charge is -2.04. The molecule has 1 N–H and O–H groups in total. The average Bonchev–Trinajstić information content (AvgIpc) is 3.03. The van der Waals surface area contributed by atoms with Crippen molar-refractivity contribution in [2.45, 2.75) is 11.8 Å². The molecule has 1 aromatic heterocycles. The van der Waals surface area contributed by atoms with E-state index in [-0.39, 0.29) is 15.7 Å². The predicted molar refractivity (Wildman–Crippen MR) is 94.0 cm³/mol. The summed E-state index contributed by atoms with van der Waals surface area (Å²) in [5, 5.41) is 19.2. The third-order valence-corrected chi connectivity index (χ3v) is 5.64. The monoisotopic (exact) mass is 376 g/mol. The Kier molecular flexibility index (Phi) is 4.47. The van der Waals surface area contributed by atoms with Crippen LogP contribution in [0.25, 0.3) is 10.6 Å². The topological polar surface area (TPSA) is 115 Å². The van der Waals surface area contributed by atoms with Gasteiger partial charge in [-0.15, -0.1) is 10.2 Å². The minimum absolute atomic E-state index is 0.0853. The molecule has 0 unspecified atom stereocenters. The quantitative estimate of drug-likeness (QED) is 0.540. The fraction of sp³-hybridized carbons (Fsp3) is 0.0667. The van der Waals surface area contributed by atoms with Crippen LogP contribution in [-0.2, 0) is 10.0 Å². The lowest BCUT2D eigenvalue weighted by Crippen LogP contribution is -2.13. The maximum Gasteiger partial charge on any atom is 0.270 e. The zero-order chi connectivity index (χ0) is 18.0. The summed E-state index contributed by atoms with van der Waals surface area (Å²) in [6, 6.07) is 12.4. The molecule has 25 heavy (non-hydrogen) atoms. The molecule has 0 atom stereocenters. The molecule has 0 bridgehead atoms. The van der Waals surface area contributed by atoms with E-state index in [9.17, 15) is 18.5 Å². The summed E-state index contributed by atoms with van der Waals surface area (Å²) < 4.78 is 27.0. The van der Waals surface area contributed by atoms with Gasteiger partial charge in [0.15, 0.2) is 0 Å². The van der Waals surface area contributed by atoms with E-state index in [1.165, 1.54) is 18.2 Å². The number of rotatable bonds is 5. The maximum atomic E-state index is 12.4. The second-order valence-electron chi connectivity index (χ2n) is 5.14. The Bertz CT molecular complexity index is 1030. The van der Waals surface area contributed by atoms with Gasteiger partial charge in [0, 0.05) is 17.7 Å². The molecule has 0 spiro atoms. The number of aromatic nitrogens is 2. The van der Waals surface area contributed by atoms with E-state index >= 15 is 0 Å². The van der Waals surface area contributed by atoms with Crippen molar-refractivity contribution in [2.24, 2.45) is 0 Å². The Morgan fingerprint density at radius 3 is 2.52 bits per heavy atom. The smallest absolute Gasteiger partial charge is 0.258 e. The number of hydrogen-bond donors (Lipinski definition) is 1. The number of hydrogen-bond acceptors (Lipinski definition) is 7. The Morgan fingerprint density at radius 1 is 1.12 bits per heavy atom. The highest BCUT2D eigenvalue weighted by Crippen LogP contribution is 2.28. The zero-order valence-electron chi connectivity index (χ0n) is 12.9. The molecular weight excluding hydrogens is 364 g/mol. The van der Waals surface area contributed by atoms with Gasteiger partial charge in [-0.2, -0.15) is 0 Å². The number of anilines is 1. The number of nitro groups is 1. The van der Waals surface area contributed by atoms with E-state index in [0.717, 1.165) is 28.5 Å². The van der Waals surface area contributed by atoms with Crippen LogP contribution in [0.4, 0.5) is 10.8 Å². The van der Waals surface area contributed by atoms with Gasteiger partial charge in [-0.25, -0.2) is 8.42 Å². The Hall–Kier alpha value is -2.85. The third-order valence-electron chi connectivity index (χ3n) is 3.28. The molecule has 0 aliphatic heterocycles. The van der Waals surface area contributed by atoms with E-state index in [0.29, 0.717) is 5.01 Å². The van der Waals surface area contributed by atoms with E-state index in [1.807, 2.05) is 31.2 Å². The summed E-state index contributed by atoms with van der Waals surface area (Å²) in [5.41, 5.74) is 1.62. The first-order valence-electron chi connectivity index (χ1n) is 7.03. The van der Waals surface area contributed by atoms with Crippen LogP contribution in [0, 0.1) is 17.0 Å². The highest BCUT2D eigenvalue weighted by Gasteiger charge is 2.20. The Balaban J connectivity index is 1.85. The van der Waals surface area contributed by atoms with Crippen LogP contribution in [-0.4, -0.2) is 23.5 Å². The lowest BCUT2D eigenvalue weighted by atomic mass is 10.2. The number of aryl methyl sites for hydroxylation is 1. The molecule has 3 aromatic rings. The fourth-order valence-electron chi connectivity index (χ4n) is 2.02. The van der Waals surface area contributed by atoms with Gasteiger partial charge in [0.05, 0.1) is 9.82 Å². The number of sulfonamides is 1. The molecule has 1 heterocycles. The SMILES string of the molecule is Cc1ccc(-c2nnc(NS(=O)(=O)c3cccc([N+](=O)[O-])c3)s2)cc1. The van der Waals surface area contributed by atoms with Gasteiger partial charge in [0.2, 0.25) is 5.13 Å². The second kappa shape index (κ2) is 6.57. The van der Waals surface area contributed by atoms with Crippen molar-refractivity contribution in [1.29, 1.82) is 0 Å². The van der Waals surface area contributed by atoms with Crippen molar-refractivity contribution in [3.8, 4) is 10.6 Å². The molecule has 0 fully saturated rings. The van der Waals surface area contributed by atoms with E-state index in [1.54, 1.807) is 0 Å². The van der Waals surface area contributed by atoms with Crippen LogP contribution in [0.3, 0.4) is 0 Å². The maximum absolute atomic E-state index is 12.4. The van der Waals surface area contributed by atoms with Gasteiger partial charge in [-0.1, -0.05) is 47.2 Å². The number of nitrogens with zero attached hydrogens (tertiary/aromatic N) is 3. The summed E-state index contributed by atoms with van der Waals surface area (Å²) in [4.78, 5) is 9.93. The number of nitrogens with one attached hydrogen (secondary N) is 1. The number of nitro benzene ring substituents is 1. The summed E-state index contributed by atoms with van der Waals surface area (Å²) in [7, 11) is -3.99. The number of non-ortho nitro benzene ring substituents is 1. The van der Waals surface area contributed by atoms with Crippen LogP contribution in [0.15, 0.2) is 53.4 Å². The lowest BCUT2D eigenvalue weighted by molar-refractivity contribution is -0.385. The van der Waals surface area contributed by atoms with Crippen LogP contribution in [0.5, 0.6) is 0 Å². The van der Waals surface area contributed by atoms with Crippen LogP contribution < -0.4 is 4.72 Å². The summed E-state index contributed by atoms with van der Waals surface area (Å²) >= 11 is 1.08. The standard InChI is InChI=1S/C15H12N4O4S2/c1-10-5-7-11(8-6-10)14-16-17-15(24-14)18-25(22,23)13-4-2-3-12(9-13)19(20)21/h2-9H,1H3,(H,17,18). The molecule has 3 rings (SSSR count). The normalized spacial score (nSPS) is 11.2. The van der Waals surface area contributed by atoms with Crippen molar-refractivity contribution in [2.75, 3.05) is 4.72 Å². The highest BCUT2D eigenvalue weighted by molar-refractivity contribution is 7.93. The molecule has 2 aromatic carbocycles. The molecule has 128 valence electrons. The van der Waals surface area contributed by atoms with Crippen molar-refractivity contribution >= 4 is 32.2 Å². The average molecular weight is 376 g/mol. The van der Waals surface area contributed by atoms with Gasteiger partial charge in [-0.05, 0) is 13.0 Å². The molecule has 0 saturated heterocycles. The Labute approximate surface area is 147 Å². The van der Waals surface area contributed by atoms with E-state index in [4.69, 9.17) is 0 Å². The first kappa shape index (κ1) is 17.0. The van der Waals surface area contributed by atoms with Crippen molar-refractivity contribution in [1.82, 2.24) is 10.2 Å². The van der Waals surface area contributed by atoms with E-state index in [2.05, 4.69) is 14.9 Å².